The SMILES string of the molecule is C=C(C)S/C(Cl)=C(\C)CCCC1=NCC(C)(Cc2ccccc2)C1. The Morgan fingerprint density at radius 3 is 2.67 bits per heavy atom. The standard InChI is InChI=1S/C21H28ClNS/c1-16(2)24-20(22)17(3)9-8-12-19-14-21(4,15-23-19)13-18-10-6-5-7-11-18/h5-7,10-11H,1,8-9,12-15H2,2-4H3/b20-17+. The number of hydrogen-bond acceptors (Lipinski definition) is 2. The Hall–Kier alpha value is -0.990. The number of thioether (sulfide) groups is 1. The van der Waals surface area contributed by atoms with Crippen molar-refractivity contribution in [2.45, 2.75) is 52.9 Å². The van der Waals surface area contributed by atoms with Crippen molar-refractivity contribution in [3.8, 4) is 0 Å². The summed E-state index contributed by atoms with van der Waals surface area (Å²) in [5, 5.41) is 0. The van der Waals surface area contributed by atoms with Crippen LogP contribution in [0, 0.1) is 5.41 Å². The molecule has 0 aliphatic carbocycles. The highest BCUT2D eigenvalue weighted by molar-refractivity contribution is 8.08. The third-order valence-corrected chi connectivity index (χ3v) is 5.84. The van der Waals surface area contributed by atoms with E-state index in [1.54, 1.807) is 11.8 Å². The quantitative estimate of drug-likeness (QED) is 0.486. The Labute approximate surface area is 156 Å². The van der Waals surface area contributed by atoms with Gasteiger partial charge in [-0.25, -0.2) is 0 Å². The molecular formula is C21H28ClNS. The van der Waals surface area contributed by atoms with Crippen molar-refractivity contribution in [2.75, 3.05) is 6.54 Å². The summed E-state index contributed by atoms with van der Waals surface area (Å²) in [6, 6.07) is 10.8. The first-order valence-corrected chi connectivity index (χ1v) is 9.82. The van der Waals surface area contributed by atoms with Crippen LogP contribution in [0.2, 0.25) is 0 Å². The third kappa shape index (κ3) is 6.14. The van der Waals surface area contributed by atoms with E-state index >= 15 is 0 Å². The number of halogens is 1. The minimum Gasteiger partial charge on any atom is -0.294 e. The lowest BCUT2D eigenvalue weighted by Gasteiger charge is -2.22. The van der Waals surface area contributed by atoms with Crippen LogP contribution in [0.25, 0.3) is 0 Å². The molecule has 0 saturated heterocycles. The van der Waals surface area contributed by atoms with Crippen molar-refractivity contribution in [2.24, 2.45) is 10.4 Å². The lowest BCUT2D eigenvalue weighted by Crippen LogP contribution is -2.21. The van der Waals surface area contributed by atoms with Gasteiger partial charge in [-0.1, -0.05) is 67.2 Å². The van der Waals surface area contributed by atoms with Crippen molar-refractivity contribution in [1.82, 2.24) is 0 Å². The van der Waals surface area contributed by atoms with Crippen molar-refractivity contribution < 1.29 is 0 Å². The van der Waals surface area contributed by atoms with Gasteiger partial charge < -0.3 is 0 Å². The second kappa shape index (κ2) is 8.92. The number of aliphatic imine (C=N–C) groups is 1. The van der Waals surface area contributed by atoms with E-state index in [1.807, 2.05) is 6.92 Å². The molecule has 0 N–H and O–H groups in total. The molecule has 1 aliphatic rings. The first-order valence-electron chi connectivity index (χ1n) is 8.63. The van der Waals surface area contributed by atoms with Crippen LogP contribution in [0.3, 0.4) is 0 Å². The minimum absolute atomic E-state index is 0.287. The maximum atomic E-state index is 6.31. The molecule has 1 atom stereocenters. The number of benzene rings is 1. The predicted molar refractivity (Wildman–Crippen MR) is 110 cm³/mol. The van der Waals surface area contributed by atoms with Crippen molar-refractivity contribution >= 4 is 29.1 Å². The van der Waals surface area contributed by atoms with E-state index in [-0.39, 0.29) is 5.41 Å². The fourth-order valence-corrected chi connectivity index (χ4v) is 4.25. The Morgan fingerprint density at radius 1 is 1.29 bits per heavy atom. The second-order valence-electron chi connectivity index (χ2n) is 7.24. The average Bonchev–Trinajstić information content (AvgIpc) is 2.88. The van der Waals surface area contributed by atoms with E-state index in [2.05, 4.69) is 50.8 Å². The van der Waals surface area contributed by atoms with E-state index in [9.17, 15) is 0 Å². The van der Waals surface area contributed by atoms with E-state index in [0.29, 0.717) is 0 Å². The predicted octanol–water partition coefficient (Wildman–Crippen LogP) is 6.99. The van der Waals surface area contributed by atoms with Crippen LogP contribution in [0.15, 0.2) is 56.7 Å². The number of allylic oxidation sites excluding steroid dienone is 2. The molecule has 0 aromatic heterocycles. The Balaban J connectivity index is 1.78. The van der Waals surface area contributed by atoms with Crippen LogP contribution >= 0.6 is 23.4 Å². The van der Waals surface area contributed by atoms with Crippen molar-refractivity contribution in [1.29, 1.82) is 0 Å². The van der Waals surface area contributed by atoms with Gasteiger partial charge in [0.1, 0.15) is 0 Å². The first-order chi connectivity index (χ1) is 11.4. The molecule has 1 aliphatic heterocycles. The second-order valence-corrected chi connectivity index (χ2v) is 9.16. The molecule has 130 valence electrons. The van der Waals surface area contributed by atoms with Gasteiger partial charge in [0.15, 0.2) is 0 Å². The minimum atomic E-state index is 0.287. The third-order valence-electron chi connectivity index (χ3n) is 4.41. The molecule has 0 amide bonds. The van der Waals surface area contributed by atoms with Crippen LogP contribution in [0.1, 0.15) is 52.0 Å². The Kier molecular flexibility index (Phi) is 7.18. The molecule has 1 aromatic carbocycles. The summed E-state index contributed by atoms with van der Waals surface area (Å²) in [6.45, 7) is 11.3. The summed E-state index contributed by atoms with van der Waals surface area (Å²) in [5.74, 6) is 0. The van der Waals surface area contributed by atoms with Gasteiger partial charge >= 0.3 is 0 Å². The highest BCUT2D eigenvalue weighted by Crippen LogP contribution is 2.35. The fourth-order valence-electron chi connectivity index (χ4n) is 3.18. The molecule has 1 aromatic rings. The van der Waals surface area contributed by atoms with Crippen LogP contribution in [-0.2, 0) is 6.42 Å². The molecule has 3 heteroatoms. The molecule has 24 heavy (non-hydrogen) atoms. The summed E-state index contributed by atoms with van der Waals surface area (Å²) >= 11 is 7.88. The molecule has 0 bridgehead atoms. The van der Waals surface area contributed by atoms with E-state index in [1.165, 1.54) is 16.8 Å². The van der Waals surface area contributed by atoms with E-state index < -0.39 is 0 Å². The summed E-state index contributed by atoms with van der Waals surface area (Å²) in [5.41, 5.74) is 4.34. The van der Waals surface area contributed by atoms with E-state index in [4.69, 9.17) is 16.6 Å². The largest absolute Gasteiger partial charge is 0.294 e. The molecule has 2 rings (SSSR count). The van der Waals surface area contributed by atoms with Crippen LogP contribution in [-0.4, -0.2) is 12.3 Å². The van der Waals surface area contributed by atoms with Crippen molar-refractivity contribution in [3.05, 3.63) is 57.3 Å². The summed E-state index contributed by atoms with van der Waals surface area (Å²) in [4.78, 5) is 5.86. The molecular weight excluding hydrogens is 334 g/mol. The van der Waals surface area contributed by atoms with Gasteiger partial charge in [-0.3, -0.25) is 4.99 Å². The Morgan fingerprint density at radius 2 is 2.00 bits per heavy atom. The summed E-state index contributed by atoms with van der Waals surface area (Å²) < 4.78 is 0.879. The number of rotatable bonds is 8. The highest BCUT2D eigenvalue weighted by Gasteiger charge is 2.30. The Bertz CT molecular complexity index is 632. The molecule has 1 unspecified atom stereocenters. The maximum absolute atomic E-state index is 6.31. The summed E-state index contributed by atoms with van der Waals surface area (Å²) in [7, 11) is 0. The number of hydrogen-bond donors (Lipinski definition) is 0. The molecule has 0 radical (unpaired) electrons. The summed E-state index contributed by atoms with van der Waals surface area (Å²) in [6.07, 6.45) is 5.48. The molecule has 1 nitrogen and oxygen atoms in total. The average molecular weight is 362 g/mol. The van der Waals surface area contributed by atoms with Crippen LogP contribution in [0.4, 0.5) is 0 Å². The van der Waals surface area contributed by atoms with Gasteiger partial charge in [-0.15, -0.1) is 0 Å². The van der Waals surface area contributed by atoms with Crippen molar-refractivity contribution in [3.63, 3.8) is 0 Å². The van der Waals surface area contributed by atoms with Gasteiger partial charge in [-0.2, -0.15) is 0 Å². The van der Waals surface area contributed by atoms with Crippen LogP contribution < -0.4 is 0 Å². The van der Waals surface area contributed by atoms with Gasteiger partial charge in [0, 0.05) is 12.3 Å². The zero-order valence-electron chi connectivity index (χ0n) is 15.1. The van der Waals surface area contributed by atoms with Gasteiger partial charge in [0.05, 0.1) is 4.36 Å². The zero-order chi connectivity index (χ0) is 17.6. The van der Waals surface area contributed by atoms with Gasteiger partial charge in [0.25, 0.3) is 0 Å². The van der Waals surface area contributed by atoms with E-state index in [0.717, 1.165) is 47.9 Å². The molecule has 0 fully saturated rings. The normalized spacial score (nSPS) is 21.4. The van der Waals surface area contributed by atoms with Gasteiger partial charge in [0.2, 0.25) is 0 Å². The smallest absolute Gasteiger partial charge is 0.0768 e. The lowest BCUT2D eigenvalue weighted by molar-refractivity contribution is 0.370. The number of nitrogens with zero attached hydrogens (tertiary/aromatic N) is 1. The monoisotopic (exact) mass is 361 g/mol. The zero-order valence-corrected chi connectivity index (χ0v) is 16.6. The van der Waals surface area contributed by atoms with Gasteiger partial charge in [-0.05, 0) is 67.4 Å². The topological polar surface area (TPSA) is 12.4 Å². The highest BCUT2D eigenvalue weighted by atomic mass is 35.5. The fraction of sp³-hybridized carbons (Fsp3) is 0.476. The maximum Gasteiger partial charge on any atom is 0.0768 e. The molecule has 0 spiro atoms. The molecule has 1 heterocycles. The molecule has 0 saturated carbocycles. The lowest BCUT2D eigenvalue weighted by atomic mass is 9.81. The first kappa shape index (κ1) is 19.3. The van der Waals surface area contributed by atoms with Crippen LogP contribution in [0.5, 0.6) is 0 Å².